The number of nitrogens with zero attached hydrogens (tertiary/aromatic N) is 2. The van der Waals surface area contributed by atoms with Crippen LogP contribution in [0.15, 0.2) is 59.5 Å². The molecule has 0 bridgehead atoms. The molecule has 2 heterocycles. The summed E-state index contributed by atoms with van der Waals surface area (Å²) in [5.74, 6) is -0.236. The fourth-order valence-electron chi connectivity index (χ4n) is 5.47. The molecule has 2 saturated heterocycles. The number of piperidine rings is 2. The molecule has 0 N–H and O–H groups in total. The van der Waals surface area contributed by atoms with Gasteiger partial charge in [0, 0.05) is 19.5 Å². The summed E-state index contributed by atoms with van der Waals surface area (Å²) in [6.45, 7) is 5.72. The predicted octanol–water partition coefficient (Wildman–Crippen LogP) is 6.19. The Kier molecular flexibility index (Phi) is 11.0. The molecular weight excluding hydrogens is 629 g/mol. The van der Waals surface area contributed by atoms with Crippen molar-refractivity contribution in [2.24, 2.45) is 5.92 Å². The number of ketones is 1. The van der Waals surface area contributed by atoms with E-state index in [4.69, 9.17) is 13.7 Å². The molecule has 2 aliphatic heterocycles. The van der Waals surface area contributed by atoms with Gasteiger partial charge in [0.1, 0.15) is 12.2 Å². The number of carbonyl (C=O) groups is 3. The van der Waals surface area contributed by atoms with Gasteiger partial charge in [0.05, 0.1) is 29.1 Å². The lowest BCUT2D eigenvalue weighted by Crippen LogP contribution is -2.54. The zero-order chi connectivity index (χ0) is 33.7. The highest BCUT2D eigenvalue weighted by Crippen LogP contribution is 2.32. The molecule has 1 unspecified atom stereocenters. The second kappa shape index (κ2) is 14.4. The standard InChI is InChI=1S/C32H39F3N2O8S/c1-31(2,3)44-30(40)37-20-25(45-46(41,42)26-12-9-24(10-13-26)32(33,34)35)11-14-27(37)28(38)19-22-15-17-36(18-16-22)29(39)43-21-23-7-5-4-6-8-23/h4-10,12-13,22,25,27H,11,14-21H2,1-3H3/t25-,27?/m0/s1. The molecule has 4 rings (SSSR count). The highest BCUT2D eigenvalue weighted by Gasteiger charge is 2.41. The molecule has 0 saturated carbocycles. The summed E-state index contributed by atoms with van der Waals surface area (Å²) in [4.78, 5) is 41.6. The number of alkyl halides is 3. The molecule has 2 aromatic carbocycles. The van der Waals surface area contributed by atoms with Crippen LogP contribution >= 0.6 is 0 Å². The van der Waals surface area contributed by atoms with E-state index in [1.807, 2.05) is 30.3 Å². The quantitative estimate of drug-likeness (QED) is 0.306. The number of hydrogen-bond donors (Lipinski definition) is 0. The molecule has 2 fully saturated rings. The number of halogens is 3. The topological polar surface area (TPSA) is 120 Å². The van der Waals surface area contributed by atoms with Crippen molar-refractivity contribution in [2.45, 2.75) is 88.3 Å². The van der Waals surface area contributed by atoms with E-state index in [2.05, 4.69) is 0 Å². The van der Waals surface area contributed by atoms with Crippen LogP contribution in [0.1, 0.15) is 64.0 Å². The highest BCUT2D eigenvalue weighted by molar-refractivity contribution is 7.86. The van der Waals surface area contributed by atoms with E-state index in [0.717, 1.165) is 17.7 Å². The lowest BCUT2D eigenvalue weighted by atomic mass is 9.87. The largest absolute Gasteiger partial charge is 0.445 e. The van der Waals surface area contributed by atoms with Crippen molar-refractivity contribution in [3.63, 3.8) is 0 Å². The Hall–Kier alpha value is -3.65. The minimum Gasteiger partial charge on any atom is -0.445 e. The predicted molar refractivity (Wildman–Crippen MR) is 160 cm³/mol. The Morgan fingerprint density at radius 2 is 1.50 bits per heavy atom. The highest BCUT2D eigenvalue weighted by atomic mass is 32.2. The molecule has 2 aliphatic rings. The van der Waals surface area contributed by atoms with E-state index in [1.54, 1.807) is 25.7 Å². The summed E-state index contributed by atoms with van der Waals surface area (Å²) in [6, 6.07) is 11.4. The molecule has 46 heavy (non-hydrogen) atoms. The fourth-order valence-corrected chi connectivity index (χ4v) is 6.57. The van der Waals surface area contributed by atoms with E-state index in [-0.39, 0.29) is 44.1 Å². The van der Waals surface area contributed by atoms with E-state index in [1.165, 1.54) is 4.90 Å². The Morgan fingerprint density at radius 1 is 0.870 bits per heavy atom. The third-order valence-corrected chi connectivity index (χ3v) is 9.21. The van der Waals surface area contributed by atoms with Crippen LogP contribution in [0.4, 0.5) is 22.8 Å². The molecular formula is C32H39F3N2O8S. The van der Waals surface area contributed by atoms with Crippen molar-refractivity contribution in [2.75, 3.05) is 19.6 Å². The molecule has 0 aromatic heterocycles. The van der Waals surface area contributed by atoms with Crippen LogP contribution in [0.5, 0.6) is 0 Å². The number of Topliss-reactive ketones (excluding diaryl/α,β-unsaturated/α-hetero) is 1. The molecule has 0 aliphatic carbocycles. The average molecular weight is 669 g/mol. The van der Waals surface area contributed by atoms with Gasteiger partial charge in [-0.1, -0.05) is 30.3 Å². The SMILES string of the molecule is CC(C)(C)OC(=O)N1C[C@@H](OS(=O)(=O)c2ccc(C(F)(F)F)cc2)CCC1C(=O)CC1CCN(C(=O)OCc2ccccc2)CC1. The Balaban J connectivity index is 1.35. The monoisotopic (exact) mass is 668 g/mol. The zero-order valence-electron chi connectivity index (χ0n) is 26.0. The molecule has 0 radical (unpaired) electrons. The third kappa shape index (κ3) is 9.68. The summed E-state index contributed by atoms with van der Waals surface area (Å²) in [5.41, 5.74) is -1.02. The summed E-state index contributed by atoms with van der Waals surface area (Å²) >= 11 is 0. The lowest BCUT2D eigenvalue weighted by molar-refractivity contribution is -0.137. The summed E-state index contributed by atoms with van der Waals surface area (Å²) in [6.07, 6.45) is -5.38. The smallest absolute Gasteiger partial charge is 0.416 e. The lowest BCUT2D eigenvalue weighted by Gasteiger charge is -2.39. The maximum absolute atomic E-state index is 13.5. The minimum atomic E-state index is -4.63. The molecule has 14 heteroatoms. The van der Waals surface area contributed by atoms with Crippen molar-refractivity contribution in [1.29, 1.82) is 0 Å². The number of hydrogen-bond acceptors (Lipinski definition) is 8. The van der Waals surface area contributed by atoms with Gasteiger partial charge in [-0.25, -0.2) is 9.59 Å². The molecule has 2 atom stereocenters. The van der Waals surface area contributed by atoms with Crippen LogP contribution in [0.25, 0.3) is 0 Å². The first kappa shape index (κ1) is 35.2. The molecule has 2 amide bonds. The zero-order valence-corrected chi connectivity index (χ0v) is 26.8. The second-order valence-electron chi connectivity index (χ2n) is 12.6. The number of carbonyl (C=O) groups excluding carboxylic acids is 3. The number of ether oxygens (including phenoxy) is 2. The number of amides is 2. The van der Waals surface area contributed by atoms with Crippen molar-refractivity contribution >= 4 is 28.1 Å². The Morgan fingerprint density at radius 3 is 2.09 bits per heavy atom. The van der Waals surface area contributed by atoms with Crippen LogP contribution in [0.3, 0.4) is 0 Å². The van der Waals surface area contributed by atoms with Gasteiger partial charge in [0.2, 0.25) is 0 Å². The van der Waals surface area contributed by atoms with Crippen LogP contribution in [0, 0.1) is 5.92 Å². The summed E-state index contributed by atoms with van der Waals surface area (Å²) in [7, 11) is -4.47. The summed E-state index contributed by atoms with van der Waals surface area (Å²) in [5, 5.41) is 0. The maximum atomic E-state index is 13.5. The first-order valence-electron chi connectivity index (χ1n) is 15.1. The van der Waals surface area contributed by atoms with Gasteiger partial charge in [-0.05, 0) is 82.2 Å². The first-order chi connectivity index (χ1) is 21.5. The van der Waals surface area contributed by atoms with Crippen molar-refractivity contribution < 1.29 is 49.6 Å². The van der Waals surface area contributed by atoms with Gasteiger partial charge >= 0.3 is 18.4 Å². The van der Waals surface area contributed by atoms with E-state index >= 15 is 0 Å². The van der Waals surface area contributed by atoms with E-state index in [0.29, 0.717) is 38.1 Å². The van der Waals surface area contributed by atoms with Crippen molar-refractivity contribution in [1.82, 2.24) is 9.80 Å². The third-order valence-electron chi connectivity index (χ3n) is 7.84. The number of rotatable bonds is 8. The van der Waals surface area contributed by atoms with Gasteiger partial charge in [0.25, 0.3) is 10.1 Å². The average Bonchev–Trinajstić information content (AvgIpc) is 2.99. The minimum absolute atomic E-state index is 0.0276. The van der Waals surface area contributed by atoms with Gasteiger partial charge in [-0.3, -0.25) is 13.9 Å². The van der Waals surface area contributed by atoms with Gasteiger partial charge in [0.15, 0.2) is 5.78 Å². The molecule has 2 aromatic rings. The van der Waals surface area contributed by atoms with Crippen molar-refractivity contribution in [3.8, 4) is 0 Å². The van der Waals surface area contributed by atoms with E-state index < -0.39 is 56.7 Å². The van der Waals surface area contributed by atoms with Gasteiger partial charge in [-0.2, -0.15) is 21.6 Å². The summed E-state index contributed by atoms with van der Waals surface area (Å²) < 4.78 is 80.8. The number of likely N-dealkylation sites (tertiary alicyclic amines) is 2. The van der Waals surface area contributed by atoms with Gasteiger partial charge in [-0.15, -0.1) is 0 Å². The van der Waals surface area contributed by atoms with Crippen LogP contribution in [-0.4, -0.2) is 73.6 Å². The second-order valence-corrected chi connectivity index (χ2v) is 14.1. The van der Waals surface area contributed by atoms with Gasteiger partial charge < -0.3 is 14.4 Å². The molecule has 10 nitrogen and oxygen atoms in total. The van der Waals surface area contributed by atoms with Crippen LogP contribution in [0.2, 0.25) is 0 Å². The maximum Gasteiger partial charge on any atom is 0.416 e. The normalized spacial score (nSPS) is 19.9. The molecule has 252 valence electrons. The van der Waals surface area contributed by atoms with E-state index in [9.17, 15) is 36.0 Å². The fraction of sp³-hybridized carbons (Fsp3) is 0.531. The Bertz CT molecular complexity index is 1470. The Labute approximate surface area is 266 Å². The first-order valence-corrected chi connectivity index (χ1v) is 16.5. The number of benzene rings is 2. The van der Waals surface area contributed by atoms with Crippen LogP contribution < -0.4 is 0 Å². The van der Waals surface area contributed by atoms with Crippen LogP contribution in [-0.2, 0) is 41.4 Å². The molecule has 0 spiro atoms. The van der Waals surface area contributed by atoms with Crippen molar-refractivity contribution in [3.05, 3.63) is 65.7 Å².